The lowest BCUT2D eigenvalue weighted by Gasteiger charge is -2.21. The number of hydrogen-bond donors (Lipinski definition) is 0. The molecule has 0 fully saturated rings. The van der Waals surface area contributed by atoms with Crippen molar-refractivity contribution in [2.75, 3.05) is 18.4 Å². The molecule has 0 aliphatic heterocycles. The first-order valence-corrected chi connectivity index (χ1v) is 7.75. The van der Waals surface area contributed by atoms with Crippen LogP contribution in [-0.2, 0) is 11.2 Å². The van der Waals surface area contributed by atoms with Gasteiger partial charge >= 0.3 is 0 Å². The van der Waals surface area contributed by atoms with Crippen LogP contribution in [0.15, 0.2) is 24.3 Å². The molecule has 100 valence electrons. The third kappa shape index (κ3) is 5.40. The van der Waals surface area contributed by atoms with Gasteiger partial charge in [-0.2, -0.15) is 0 Å². The summed E-state index contributed by atoms with van der Waals surface area (Å²) in [5, 5.41) is 1.50. The predicted molar refractivity (Wildman–Crippen MR) is 80.4 cm³/mol. The summed E-state index contributed by atoms with van der Waals surface area (Å²) in [4.78, 5) is 14.1. The number of amides is 1. The Kier molecular flexibility index (Phi) is 7.36. The second-order valence-corrected chi connectivity index (χ2v) is 5.46. The van der Waals surface area contributed by atoms with Gasteiger partial charge in [0, 0.05) is 23.4 Å². The zero-order chi connectivity index (χ0) is 13.4. The highest BCUT2D eigenvalue weighted by Gasteiger charge is 2.12. The lowest BCUT2D eigenvalue weighted by atomic mass is 10.1. The van der Waals surface area contributed by atoms with E-state index < -0.39 is 0 Å². The molecule has 0 bridgehead atoms. The number of rotatable bonds is 7. The average Bonchev–Trinajstić information content (AvgIpc) is 2.34. The highest BCUT2D eigenvalue weighted by molar-refractivity contribution is 9.09. The van der Waals surface area contributed by atoms with Crippen molar-refractivity contribution in [3.63, 3.8) is 0 Å². The molecule has 0 saturated heterocycles. The van der Waals surface area contributed by atoms with E-state index in [1.54, 1.807) is 0 Å². The van der Waals surface area contributed by atoms with Crippen LogP contribution in [0.5, 0.6) is 0 Å². The summed E-state index contributed by atoms with van der Waals surface area (Å²) in [5.74, 6) is 0.171. The van der Waals surface area contributed by atoms with Gasteiger partial charge in [0.25, 0.3) is 0 Å². The van der Waals surface area contributed by atoms with Gasteiger partial charge in [-0.05, 0) is 24.1 Å². The summed E-state index contributed by atoms with van der Waals surface area (Å²) in [6.45, 7) is 3.73. The molecule has 2 nitrogen and oxygen atoms in total. The van der Waals surface area contributed by atoms with Gasteiger partial charge in [0.1, 0.15) is 0 Å². The van der Waals surface area contributed by atoms with Gasteiger partial charge in [-0.3, -0.25) is 4.79 Å². The zero-order valence-electron chi connectivity index (χ0n) is 10.7. The molecule has 18 heavy (non-hydrogen) atoms. The molecular formula is C14H19BrClNO. The Morgan fingerprint density at radius 2 is 2.17 bits per heavy atom. The Hall–Kier alpha value is -0.540. The highest BCUT2D eigenvalue weighted by atomic mass is 79.9. The van der Waals surface area contributed by atoms with Crippen LogP contribution in [0.25, 0.3) is 0 Å². The third-order valence-electron chi connectivity index (χ3n) is 2.73. The van der Waals surface area contributed by atoms with Gasteiger partial charge in [0.05, 0.1) is 6.42 Å². The molecule has 4 heteroatoms. The number of carbonyl (C=O) groups excluding carboxylic acids is 1. The van der Waals surface area contributed by atoms with E-state index in [1.165, 1.54) is 0 Å². The van der Waals surface area contributed by atoms with Crippen LogP contribution in [0.4, 0.5) is 0 Å². The topological polar surface area (TPSA) is 20.3 Å². The Labute approximate surface area is 122 Å². The van der Waals surface area contributed by atoms with Crippen molar-refractivity contribution < 1.29 is 4.79 Å². The summed E-state index contributed by atoms with van der Waals surface area (Å²) in [7, 11) is 0. The van der Waals surface area contributed by atoms with Crippen LogP contribution in [0, 0.1) is 0 Å². The summed E-state index contributed by atoms with van der Waals surface area (Å²) in [6.07, 6.45) is 2.58. The van der Waals surface area contributed by atoms with Crippen LogP contribution in [-0.4, -0.2) is 29.2 Å². The molecule has 1 amide bonds. The number of benzene rings is 1. The number of alkyl halides is 1. The fourth-order valence-corrected chi connectivity index (χ4v) is 2.39. The smallest absolute Gasteiger partial charge is 0.227 e. The van der Waals surface area contributed by atoms with E-state index in [4.69, 9.17) is 11.6 Å². The lowest BCUT2D eigenvalue weighted by molar-refractivity contribution is -0.130. The standard InChI is InChI=1S/C14H19BrClNO/c1-2-3-8-17(9-7-15)14(18)11-12-5-4-6-13(16)10-12/h4-6,10H,2-3,7-9,11H2,1H3. The molecule has 1 rings (SSSR count). The molecule has 1 aromatic carbocycles. The maximum Gasteiger partial charge on any atom is 0.227 e. The molecule has 1 aromatic rings. The highest BCUT2D eigenvalue weighted by Crippen LogP contribution is 2.12. The van der Waals surface area contributed by atoms with E-state index in [-0.39, 0.29) is 5.91 Å². The number of halogens is 2. The van der Waals surface area contributed by atoms with Crippen LogP contribution in [0.3, 0.4) is 0 Å². The third-order valence-corrected chi connectivity index (χ3v) is 3.32. The largest absolute Gasteiger partial charge is 0.342 e. The number of hydrogen-bond acceptors (Lipinski definition) is 1. The molecule has 0 N–H and O–H groups in total. The lowest BCUT2D eigenvalue weighted by Crippen LogP contribution is -2.34. The first-order valence-electron chi connectivity index (χ1n) is 6.25. The van der Waals surface area contributed by atoms with Crippen LogP contribution in [0.2, 0.25) is 5.02 Å². The van der Waals surface area contributed by atoms with Gasteiger partial charge in [0.15, 0.2) is 0 Å². The van der Waals surface area contributed by atoms with E-state index in [2.05, 4.69) is 22.9 Å². The van der Waals surface area contributed by atoms with Crippen LogP contribution < -0.4 is 0 Å². The van der Waals surface area contributed by atoms with Crippen molar-refractivity contribution in [2.24, 2.45) is 0 Å². The second-order valence-electron chi connectivity index (χ2n) is 4.23. The first kappa shape index (κ1) is 15.5. The Morgan fingerprint density at radius 1 is 1.39 bits per heavy atom. The molecular weight excluding hydrogens is 314 g/mol. The van der Waals surface area contributed by atoms with Gasteiger partial charge in [-0.15, -0.1) is 0 Å². The zero-order valence-corrected chi connectivity index (χ0v) is 13.0. The molecule has 0 spiro atoms. The number of nitrogens with zero attached hydrogens (tertiary/aromatic N) is 1. The Balaban J connectivity index is 2.60. The minimum atomic E-state index is 0.171. The van der Waals surface area contributed by atoms with E-state index in [0.717, 1.165) is 36.8 Å². The molecule has 0 unspecified atom stereocenters. The molecule has 0 aromatic heterocycles. The van der Waals surface area contributed by atoms with Crippen molar-refractivity contribution in [1.29, 1.82) is 0 Å². The van der Waals surface area contributed by atoms with Crippen LogP contribution in [0.1, 0.15) is 25.3 Å². The summed E-state index contributed by atoms with van der Waals surface area (Å²) in [5.41, 5.74) is 0.976. The van der Waals surface area contributed by atoms with Crippen molar-refractivity contribution in [3.05, 3.63) is 34.9 Å². The van der Waals surface area contributed by atoms with Crippen molar-refractivity contribution in [1.82, 2.24) is 4.90 Å². The first-order chi connectivity index (χ1) is 8.67. The van der Waals surface area contributed by atoms with Crippen molar-refractivity contribution >= 4 is 33.4 Å². The van der Waals surface area contributed by atoms with Gasteiger partial charge < -0.3 is 4.90 Å². The predicted octanol–water partition coefficient (Wildman–Crippen LogP) is 3.91. The normalized spacial score (nSPS) is 10.4. The van der Waals surface area contributed by atoms with Crippen molar-refractivity contribution in [2.45, 2.75) is 26.2 Å². The van der Waals surface area contributed by atoms with Gasteiger partial charge in [0.2, 0.25) is 5.91 Å². The molecule has 0 aliphatic rings. The number of carbonyl (C=O) groups is 1. The monoisotopic (exact) mass is 331 g/mol. The summed E-state index contributed by atoms with van der Waals surface area (Å²) in [6, 6.07) is 7.50. The van der Waals surface area contributed by atoms with E-state index in [0.29, 0.717) is 11.4 Å². The number of unbranched alkanes of at least 4 members (excludes halogenated alkanes) is 1. The Morgan fingerprint density at radius 3 is 2.78 bits per heavy atom. The fourth-order valence-electron chi connectivity index (χ4n) is 1.75. The summed E-state index contributed by atoms with van der Waals surface area (Å²) < 4.78 is 0. The molecule has 0 radical (unpaired) electrons. The quantitative estimate of drug-likeness (QED) is 0.693. The van der Waals surface area contributed by atoms with E-state index >= 15 is 0 Å². The van der Waals surface area contributed by atoms with E-state index in [1.807, 2.05) is 29.2 Å². The fraction of sp³-hybridized carbons (Fsp3) is 0.500. The molecule has 0 aliphatic carbocycles. The average molecular weight is 333 g/mol. The Bertz CT molecular complexity index is 384. The van der Waals surface area contributed by atoms with E-state index in [9.17, 15) is 4.79 Å². The van der Waals surface area contributed by atoms with Gasteiger partial charge in [-0.25, -0.2) is 0 Å². The minimum Gasteiger partial charge on any atom is -0.342 e. The maximum atomic E-state index is 12.2. The van der Waals surface area contributed by atoms with Gasteiger partial charge in [-0.1, -0.05) is 53.0 Å². The molecule has 0 heterocycles. The summed E-state index contributed by atoms with van der Waals surface area (Å²) >= 11 is 9.31. The minimum absolute atomic E-state index is 0.171. The SMILES string of the molecule is CCCCN(CCBr)C(=O)Cc1cccc(Cl)c1. The molecule has 0 atom stereocenters. The van der Waals surface area contributed by atoms with Crippen molar-refractivity contribution in [3.8, 4) is 0 Å². The molecule has 0 saturated carbocycles. The maximum absolute atomic E-state index is 12.2. The second kappa shape index (κ2) is 8.54. The van der Waals surface area contributed by atoms with Crippen LogP contribution >= 0.6 is 27.5 Å².